The van der Waals surface area contributed by atoms with Crippen LogP contribution in [0.2, 0.25) is 0 Å². The molecule has 1 heterocycles. The first-order chi connectivity index (χ1) is 14.7. The lowest BCUT2D eigenvalue weighted by molar-refractivity contribution is -0.123. The Morgan fingerprint density at radius 2 is 1.83 bits per heavy atom. The van der Waals surface area contributed by atoms with Crippen molar-refractivity contribution >= 4 is 32.6 Å². The van der Waals surface area contributed by atoms with Crippen LogP contribution < -0.4 is 10.1 Å². The highest BCUT2D eigenvalue weighted by Gasteiger charge is 2.11. The Hall–Kier alpha value is -2.41. The highest BCUT2D eigenvalue weighted by atomic mass is 79.9. The molecule has 4 rings (SSSR count). The van der Waals surface area contributed by atoms with Crippen LogP contribution in [-0.4, -0.2) is 43.7 Å². The SMILES string of the molecule is O=C(COc1ccc2ccccc2c1Br)NCc1cccc(CN2CCOCC2)c1. The zero-order chi connectivity index (χ0) is 20.8. The van der Waals surface area contributed by atoms with Gasteiger partial charge in [0.05, 0.1) is 17.7 Å². The largest absolute Gasteiger partial charge is 0.483 e. The topological polar surface area (TPSA) is 50.8 Å². The predicted octanol–water partition coefficient (Wildman–Crippen LogP) is 4.13. The number of fused-ring (bicyclic) bond motifs is 1. The number of carbonyl (C=O) groups excluding carboxylic acids is 1. The van der Waals surface area contributed by atoms with E-state index in [1.165, 1.54) is 5.56 Å². The highest BCUT2D eigenvalue weighted by Crippen LogP contribution is 2.32. The molecular formula is C24H25BrN2O3. The summed E-state index contributed by atoms with van der Waals surface area (Å²) in [6.45, 7) is 4.88. The summed E-state index contributed by atoms with van der Waals surface area (Å²) in [5.41, 5.74) is 2.33. The van der Waals surface area contributed by atoms with E-state index in [2.05, 4.69) is 38.3 Å². The summed E-state index contributed by atoms with van der Waals surface area (Å²) in [7, 11) is 0. The minimum atomic E-state index is -0.145. The molecule has 6 heteroatoms. The fourth-order valence-electron chi connectivity index (χ4n) is 3.58. The monoisotopic (exact) mass is 468 g/mol. The number of nitrogens with zero attached hydrogens (tertiary/aromatic N) is 1. The van der Waals surface area contributed by atoms with Crippen LogP contribution in [0.4, 0.5) is 0 Å². The summed E-state index contributed by atoms with van der Waals surface area (Å²) in [5, 5.41) is 5.13. The lowest BCUT2D eigenvalue weighted by atomic mass is 10.1. The Bertz CT molecular complexity index is 1020. The molecule has 0 spiro atoms. The zero-order valence-corrected chi connectivity index (χ0v) is 18.4. The van der Waals surface area contributed by atoms with Gasteiger partial charge in [0.25, 0.3) is 5.91 Å². The number of nitrogens with one attached hydrogen (secondary N) is 1. The number of morpholine rings is 1. The van der Waals surface area contributed by atoms with Gasteiger partial charge in [0.1, 0.15) is 5.75 Å². The maximum atomic E-state index is 12.3. The first-order valence-corrected chi connectivity index (χ1v) is 10.9. The van der Waals surface area contributed by atoms with Crippen LogP contribution in [-0.2, 0) is 22.6 Å². The van der Waals surface area contributed by atoms with E-state index >= 15 is 0 Å². The van der Waals surface area contributed by atoms with Gasteiger partial charge in [-0.25, -0.2) is 0 Å². The van der Waals surface area contributed by atoms with Gasteiger partial charge in [-0.1, -0.05) is 54.6 Å². The van der Waals surface area contributed by atoms with Gasteiger partial charge < -0.3 is 14.8 Å². The molecule has 1 fully saturated rings. The molecule has 156 valence electrons. The van der Waals surface area contributed by atoms with Crippen molar-refractivity contribution in [1.82, 2.24) is 10.2 Å². The molecule has 0 aromatic heterocycles. The highest BCUT2D eigenvalue weighted by molar-refractivity contribution is 9.10. The number of amides is 1. The minimum absolute atomic E-state index is 0.0234. The third-order valence-corrected chi connectivity index (χ3v) is 6.00. The molecule has 0 atom stereocenters. The van der Waals surface area contributed by atoms with Crippen molar-refractivity contribution in [3.8, 4) is 5.75 Å². The van der Waals surface area contributed by atoms with E-state index < -0.39 is 0 Å². The van der Waals surface area contributed by atoms with Crippen LogP contribution in [0.25, 0.3) is 10.8 Å². The summed E-state index contributed by atoms with van der Waals surface area (Å²) < 4.78 is 12.0. The minimum Gasteiger partial charge on any atom is -0.483 e. The fraction of sp³-hybridized carbons (Fsp3) is 0.292. The Morgan fingerprint density at radius 1 is 1.03 bits per heavy atom. The number of ether oxygens (including phenoxy) is 2. The standard InChI is InChI=1S/C24H25BrN2O3/c25-24-21-7-2-1-6-20(21)8-9-22(24)30-17-23(28)26-15-18-4-3-5-19(14-18)16-27-10-12-29-13-11-27/h1-9,14H,10-13,15-17H2,(H,26,28). The second-order valence-corrected chi connectivity index (χ2v) is 8.17. The molecule has 0 saturated carbocycles. The van der Waals surface area contributed by atoms with E-state index in [1.807, 2.05) is 48.5 Å². The van der Waals surface area contributed by atoms with Gasteiger partial charge in [0.2, 0.25) is 0 Å². The van der Waals surface area contributed by atoms with Crippen molar-refractivity contribution in [3.63, 3.8) is 0 Å². The van der Waals surface area contributed by atoms with Crippen molar-refractivity contribution in [1.29, 1.82) is 0 Å². The molecule has 1 saturated heterocycles. The second kappa shape index (κ2) is 10.1. The second-order valence-electron chi connectivity index (χ2n) is 7.37. The van der Waals surface area contributed by atoms with Crippen LogP contribution in [0, 0.1) is 0 Å². The number of benzene rings is 3. The summed E-state index contributed by atoms with van der Waals surface area (Å²) in [5.74, 6) is 0.519. The fourth-order valence-corrected chi connectivity index (χ4v) is 4.18. The maximum Gasteiger partial charge on any atom is 0.258 e. The molecule has 3 aromatic carbocycles. The van der Waals surface area contributed by atoms with Crippen LogP contribution in [0.1, 0.15) is 11.1 Å². The van der Waals surface area contributed by atoms with Crippen molar-refractivity contribution < 1.29 is 14.3 Å². The number of hydrogen-bond acceptors (Lipinski definition) is 4. The smallest absolute Gasteiger partial charge is 0.258 e. The van der Waals surface area contributed by atoms with Crippen molar-refractivity contribution in [3.05, 3.63) is 76.3 Å². The molecule has 5 nitrogen and oxygen atoms in total. The molecule has 0 radical (unpaired) electrons. The Labute approximate surface area is 185 Å². The number of hydrogen-bond donors (Lipinski definition) is 1. The summed E-state index contributed by atoms with van der Waals surface area (Å²) in [4.78, 5) is 14.7. The molecule has 0 bridgehead atoms. The quantitative estimate of drug-likeness (QED) is 0.566. The first kappa shape index (κ1) is 20.8. The number of carbonyl (C=O) groups is 1. The zero-order valence-electron chi connectivity index (χ0n) is 16.8. The first-order valence-electron chi connectivity index (χ1n) is 10.1. The van der Waals surface area contributed by atoms with Gasteiger partial charge in [-0.3, -0.25) is 9.69 Å². The van der Waals surface area contributed by atoms with E-state index in [1.54, 1.807) is 0 Å². The van der Waals surface area contributed by atoms with E-state index in [-0.39, 0.29) is 12.5 Å². The summed E-state index contributed by atoms with van der Waals surface area (Å²) >= 11 is 3.59. The molecule has 1 aliphatic rings. The average molecular weight is 469 g/mol. The molecule has 3 aromatic rings. The lowest BCUT2D eigenvalue weighted by Gasteiger charge is -2.26. The predicted molar refractivity (Wildman–Crippen MR) is 122 cm³/mol. The number of rotatable bonds is 7. The molecule has 1 amide bonds. The van der Waals surface area contributed by atoms with Gasteiger partial charge in [0.15, 0.2) is 6.61 Å². The van der Waals surface area contributed by atoms with Crippen LogP contribution in [0.5, 0.6) is 5.75 Å². The van der Waals surface area contributed by atoms with E-state index in [0.29, 0.717) is 12.3 Å². The van der Waals surface area contributed by atoms with Crippen LogP contribution >= 0.6 is 15.9 Å². The van der Waals surface area contributed by atoms with Gasteiger partial charge in [-0.2, -0.15) is 0 Å². The van der Waals surface area contributed by atoms with E-state index in [0.717, 1.165) is 53.7 Å². The van der Waals surface area contributed by atoms with Gasteiger partial charge >= 0.3 is 0 Å². The molecule has 1 N–H and O–H groups in total. The molecule has 1 aliphatic heterocycles. The van der Waals surface area contributed by atoms with E-state index in [9.17, 15) is 4.79 Å². The van der Waals surface area contributed by atoms with E-state index in [4.69, 9.17) is 9.47 Å². The van der Waals surface area contributed by atoms with Gasteiger partial charge in [-0.05, 0) is 43.9 Å². The Kier molecular flexibility index (Phi) is 7.00. The number of halogens is 1. The third-order valence-electron chi connectivity index (χ3n) is 5.18. The Morgan fingerprint density at radius 3 is 2.70 bits per heavy atom. The summed E-state index contributed by atoms with van der Waals surface area (Å²) in [6, 6.07) is 20.3. The molecular weight excluding hydrogens is 444 g/mol. The molecule has 0 unspecified atom stereocenters. The normalized spacial score (nSPS) is 14.6. The average Bonchev–Trinajstić information content (AvgIpc) is 2.78. The third kappa shape index (κ3) is 5.39. The summed E-state index contributed by atoms with van der Waals surface area (Å²) in [6.07, 6.45) is 0. The molecule has 0 aliphatic carbocycles. The molecule has 30 heavy (non-hydrogen) atoms. The van der Waals surface area contributed by atoms with Gasteiger partial charge in [0, 0.05) is 26.2 Å². The van der Waals surface area contributed by atoms with Crippen LogP contribution in [0.15, 0.2) is 65.1 Å². The maximum absolute atomic E-state index is 12.3. The van der Waals surface area contributed by atoms with Gasteiger partial charge in [-0.15, -0.1) is 0 Å². The van der Waals surface area contributed by atoms with Crippen molar-refractivity contribution in [2.45, 2.75) is 13.1 Å². The van der Waals surface area contributed by atoms with Crippen LogP contribution in [0.3, 0.4) is 0 Å². The van der Waals surface area contributed by atoms with Crippen molar-refractivity contribution in [2.75, 3.05) is 32.9 Å². The Balaban J connectivity index is 1.29. The lowest BCUT2D eigenvalue weighted by Crippen LogP contribution is -2.35. The van der Waals surface area contributed by atoms with Crippen molar-refractivity contribution in [2.24, 2.45) is 0 Å².